The minimum Gasteiger partial charge on any atom is -0.245 e. The van der Waals surface area contributed by atoms with Crippen LogP contribution in [0.15, 0.2) is 20.8 Å². The van der Waals surface area contributed by atoms with E-state index in [4.69, 9.17) is 5.26 Å². The van der Waals surface area contributed by atoms with Crippen LogP contribution in [-0.4, -0.2) is 9.97 Å². The van der Waals surface area contributed by atoms with Gasteiger partial charge < -0.3 is 0 Å². The Kier molecular flexibility index (Phi) is 3.46. The molecule has 2 aromatic rings. The molecule has 17 heavy (non-hydrogen) atoms. The minimum absolute atomic E-state index is 0.647. The highest BCUT2D eigenvalue weighted by atomic mass is 32.2. The second-order valence-electron chi connectivity index (χ2n) is 3.73. The largest absolute Gasteiger partial charge is 0.245 e. The summed E-state index contributed by atoms with van der Waals surface area (Å²) in [6, 6.07) is 4.14. The van der Waals surface area contributed by atoms with E-state index in [1.165, 1.54) is 11.8 Å². The van der Waals surface area contributed by atoms with E-state index in [9.17, 15) is 0 Å². The molecule has 2 aromatic heterocycles. The van der Waals surface area contributed by atoms with Gasteiger partial charge in [0.1, 0.15) is 11.1 Å². The quantitative estimate of drug-likeness (QED) is 0.830. The van der Waals surface area contributed by atoms with Crippen molar-refractivity contribution in [2.45, 2.75) is 30.1 Å². The third-order valence-electron chi connectivity index (χ3n) is 2.21. The summed E-state index contributed by atoms with van der Waals surface area (Å²) < 4.78 is 0.927. The number of nitriles is 1. The molecular formula is C12H11N3S2. The van der Waals surface area contributed by atoms with Crippen molar-refractivity contribution in [2.24, 2.45) is 0 Å². The van der Waals surface area contributed by atoms with Crippen LogP contribution in [-0.2, 0) is 0 Å². The fraction of sp³-hybridized carbons (Fsp3) is 0.250. The van der Waals surface area contributed by atoms with E-state index < -0.39 is 0 Å². The minimum atomic E-state index is 0.647. The second kappa shape index (κ2) is 4.86. The third kappa shape index (κ3) is 2.65. The van der Waals surface area contributed by atoms with Gasteiger partial charge in [-0.05, 0) is 44.2 Å². The summed E-state index contributed by atoms with van der Waals surface area (Å²) in [7, 11) is 0. The predicted molar refractivity (Wildman–Crippen MR) is 69.4 cm³/mol. The fourth-order valence-corrected chi connectivity index (χ4v) is 3.42. The van der Waals surface area contributed by atoms with Gasteiger partial charge in [0.05, 0.1) is 5.56 Å². The Labute approximate surface area is 109 Å². The molecule has 0 fully saturated rings. The molecule has 0 unspecified atom stereocenters. The van der Waals surface area contributed by atoms with Gasteiger partial charge in [-0.3, -0.25) is 0 Å². The molecule has 2 heterocycles. The van der Waals surface area contributed by atoms with Crippen LogP contribution in [0, 0.1) is 32.1 Å². The predicted octanol–water partition coefficient (Wildman–Crippen LogP) is 3.49. The molecule has 0 atom stereocenters. The van der Waals surface area contributed by atoms with Gasteiger partial charge in [-0.2, -0.15) is 5.26 Å². The summed E-state index contributed by atoms with van der Waals surface area (Å²) in [6.45, 7) is 5.83. The first-order chi connectivity index (χ1) is 8.10. The number of rotatable bonds is 2. The first-order valence-corrected chi connectivity index (χ1v) is 6.78. The van der Waals surface area contributed by atoms with Gasteiger partial charge in [-0.15, -0.1) is 11.3 Å². The van der Waals surface area contributed by atoms with Crippen LogP contribution >= 0.6 is 23.1 Å². The average molecular weight is 261 g/mol. The molecule has 2 rings (SSSR count). The van der Waals surface area contributed by atoms with Crippen molar-refractivity contribution in [1.29, 1.82) is 5.26 Å². The van der Waals surface area contributed by atoms with E-state index in [1.807, 2.05) is 32.2 Å². The van der Waals surface area contributed by atoms with Crippen LogP contribution < -0.4 is 0 Å². The Balaban J connectivity index is 2.42. The lowest BCUT2D eigenvalue weighted by atomic mass is 10.1. The van der Waals surface area contributed by atoms with E-state index in [1.54, 1.807) is 11.3 Å². The molecular weight excluding hydrogens is 250 g/mol. The van der Waals surface area contributed by atoms with E-state index in [0.717, 1.165) is 26.3 Å². The molecule has 86 valence electrons. The van der Waals surface area contributed by atoms with Crippen LogP contribution in [0.1, 0.15) is 22.5 Å². The molecule has 0 aliphatic heterocycles. The Morgan fingerprint density at radius 3 is 2.59 bits per heavy atom. The third-order valence-corrected chi connectivity index (χ3v) is 4.25. The maximum absolute atomic E-state index is 9.15. The zero-order chi connectivity index (χ0) is 12.4. The molecule has 0 bridgehead atoms. The van der Waals surface area contributed by atoms with E-state index in [-0.39, 0.29) is 0 Å². The zero-order valence-corrected chi connectivity index (χ0v) is 11.4. The number of aryl methyl sites for hydroxylation is 3. The lowest BCUT2D eigenvalue weighted by Crippen LogP contribution is -1.93. The van der Waals surface area contributed by atoms with Crippen LogP contribution in [0.2, 0.25) is 0 Å². The molecule has 0 aliphatic rings. The van der Waals surface area contributed by atoms with Crippen molar-refractivity contribution in [3.05, 3.63) is 34.0 Å². The smallest absolute Gasteiger partial charge is 0.156 e. The van der Waals surface area contributed by atoms with Crippen molar-refractivity contribution in [3.8, 4) is 6.07 Å². The Bertz CT molecular complexity index is 596. The Morgan fingerprint density at radius 2 is 2.00 bits per heavy atom. The van der Waals surface area contributed by atoms with Crippen molar-refractivity contribution in [1.82, 2.24) is 9.97 Å². The first-order valence-electron chi connectivity index (χ1n) is 5.08. The maximum atomic E-state index is 9.15. The molecule has 0 saturated carbocycles. The summed E-state index contributed by atoms with van der Waals surface area (Å²) >= 11 is 3.04. The SMILES string of the molecule is Cc1csc(Sc2nc(C)cc(C)c2C#N)n1. The first kappa shape index (κ1) is 12.1. The van der Waals surface area contributed by atoms with E-state index >= 15 is 0 Å². The molecule has 0 aromatic carbocycles. The van der Waals surface area contributed by atoms with Gasteiger partial charge in [0.2, 0.25) is 0 Å². The van der Waals surface area contributed by atoms with Crippen LogP contribution in [0.25, 0.3) is 0 Å². The van der Waals surface area contributed by atoms with Crippen molar-refractivity contribution < 1.29 is 0 Å². The van der Waals surface area contributed by atoms with Gasteiger partial charge in [0, 0.05) is 16.8 Å². The number of pyridine rings is 1. The average Bonchev–Trinajstić information content (AvgIpc) is 2.63. The molecule has 0 aliphatic carbocycles. The molecule has 5 heteroatoms. The Morgan fingerprint density at radius 1 is 1.24 bits per heavy atom. The van der Waals surface area contributed by atoms with Crippen LogP contribution in [0.5, 0.6) is 0 Å². The van der Waals surface area contributed by atoms with Gasteiger partial charge in [-0.1, -0.05) is 0 Å². The standard InChI is InChI=1S/C12H11N3S2/c1-7-4-8(2)14-11(10(7)5-13)17-12-15-9(3)6-16-12/h4,6H,1-3H3. The number of nitrogens with zero attached hydrogens (tertiary/aromatic N) is 3. The summed E-state index contributed by atoms with van der Waals surface area (Å²) in [5.41, 5.74) is 3.54. The summed E-state index contributed by atoms with van der Waals surface area (Å²) in [5, 5.41) is 11.9. The number of hydrogen-bond acceptors (Lipinski definition) is 5. The Hall–Kier alpha value is -1.38. The van der Waals surface area contributed by atoms with Gasteiger partial charge >= 0.3 is 0 Å². The zero-order valence-electron chi connectivity index (χ0n) is 9.81. The van der Waals surface area contributed by atoms with Crippen molar-refractivity contribution in [2.75, 3.05) is 0 Å². The highest BCUT2D eigenvalue weighted by Crippen LogP contribution is 2.32. The summed E-state index contributed by atoms with van der Waals surface area (Å²) in [5.74, 6) is 0. The van der Waals surface area contributed by atoms with E-state index in [0.29, 0.717) is 5.56 Å². The highest BCUT2D eigenvalue weighted by molar-refractivity contribution is 8.01. The van der Waals surface area contributed by atoms with Gasteiger partial charge in [0.15, 0.2) is 4.34 Å². The molecule has 0 radical (unpaired) electrons. The second-order valence-corrected chi connectivity index (χ2v) is 5.82. The highest BCUT2D eigenvalue weighted by Gasteiger charge is 2.11. The molecule has 0 N–H and O–H groups in total. The normalized spacial score (nSPS) is 10.2. The summed E-state index contributed by atoms with van der Waals surface area (Å²) in [4.78, 5) is 8.79. The van der Waals surface area contributed by atoms with Crippen molar-refractivity contribution in [3.63, 3.8) is 0 Å². The topological polar surface area (TPSA) is 49.6 Å². The van der Waals surface area contributed by atoms with Gasteiger partial charge in [0.25, 0.3) is 0 Å². The lowest BCUT2D eigenvalue weighted by molar-refractivity contribution is 1.02. The molecule has 3 nitrogen and oxygen atoms in total. The number of hydrogen-bond donors (Lipinski definition) is 0. The number of thiazole rings is 1. The molecule has 0 amide bonds. The maximum Gasteiger partial charge on any atom is 0.156 e. The lowest BCUT2D eigenvalue weighted by Gasteiger charge is -2.05. The van der Waals surface area contributed by atoms with Crippen molar-refractivity contribution >= 4 is 23.1 Å². The van der Waals surface area contributed by atoms with Crippen LogP contribution in [0.4, 0.5) is 0 Å². The number of aromatic nitrogens is 2. The fourth-order valence-electron chi connectivity index (χ4n) is 1.47. The van der Waals surface area contributed by atoms with Gasteiger partial charge in [-0.25, -0.2) is 9.97 Å². The molecule has 0 spiro atoms. The van der Waals surface area contributed by atoms with E-state index in [2.05, 4.69) is 16.0 Å². The monoisotopic (exact) mass is 261 g/mol. The summed E-state index contributed by atoms with van der Waals surface area (Å²) in [6.07, 6.45) is 0. The molecule has 0 saturated heterocycles. The van der Waals surface area contributed by atoms with Crippen LogP contribution in [0.3, 0.4) is 0 Å².